The van der Waals surface area contributed by atoms with Crippen molar-refractivity contribution in [3.63, 3.8) is 0 Å². The lowest BCUT2D eigenvalue weighted by Gasteiger charge is -2.12. The minimum absolute atomic E-state index is 0.0904. The van der Waals surface area contributed by atoms with E-state index < -0.39 is 12.0 Å². The van der Waals surface area contributed by atoms with E-state index in [1.807, 2.05) is 24.3 Å². The number of nitrogens with one attached hydrogen (secondary N) is 2. The Morgan fingerprint density at radius 1 is 1.19 bits per heavy atom. The van der Waals surface area contributed by atoms with Crippen LogP contribution in [0.15, 0.2) is 24.3 Å². The van der Waals surface area contributed by atoms with Gasteiger partial charge in [0.15, 0.2) is 0 Å². The van der Waals surface area contributed by atoms with Crippen molar-refractivity contribution in [1.82, 2.24) is 10.6 Å². The van der Waals surface area contributed by atoms with Crippen LogP contribution in [0, 0.1) is 0 Å². The highest BCUT2D eigenvalue weighted by Gasteiger charge is 2.06. The number of carboxylic acids is 1. The number of ether oxygens (including phenoxy) is 2. The SMILES string of the molecule is COCCOc1ccccc1CNC(=O)NCCC(=O)O. The van der Waals surface area contributed by atoms with Gasteiger partial charge in [-0.3, -0.25) is 4.79 Å². The van der Waals surface area contributed by atoms with Crippen molar-refractivity contribution in [2.75, 3.05) is 26.9 Å². The van der Waals surface area contributed by atoms with Crippen molar-refractivity contribution >= 4 is 12.0 Å². The van der Waals surface area contributed by atoms with Crippen LogP contribution in [0.25, 0.3) is 0 Å². The maximum absolute atomic E-state index is 11.5. The van der Waals surface area contributed by atoms with E-state index in [0.717, 1.165) is 5.56 Å². The number of methoxy groups -OCH3 is 1. The van der Waals surface area contributed by atoms with Gasteiger partial charge in [0.2, 0.25) is 0 Å². The van der Waals surface area contributed by atoms with E-state index in [1.165, 1.54) is 0 Å². The van der Waals surface area contributed by atoms with Gasteiger partial charge in [-0.1, -0.05) is 18.2 Å². The van der Waals surface area contributed by atoms with E-state index in [4.69, 9.17) is 14.6 Å². The molecule has 0 saturated heterocycles. The lowest BCUT2D eigenvalue weighted by molar-refractivity contribution is -0.136. The molecule has 0 atom stereocenters. The van der Waals surface area contributed by atoms with Crippen molar-refractivity contribution in [2.24, 2.45) is 0 Å². The van der Waals surface area contributed by atoms with Crippen LogP contribution in [0.1, 0.15) is 12.0 Å². The zero-order valence-electron chi connectivity index (χ0n) is 11.9. The number of benzene rings is 1. The zero-order valence-corrected chi connectivity index (χ0v) is 11.9. The average Bonchev–Trinajstić information content (AvgIpc) is 2.46. The Morgan fingerprint density at radius 3 is 2.67 bits per heavy atom. The number of hydrogen-bond acceptors (Lipinski definition) is 4. The summed E-state index contributed by atoms with van der Waals surface area (Å²) in [6.07, 6.45) is -0.107. The highest BCUT2D eigenvalue weighted by molar-refractivity contribution is 5.75. The third-order valence-electron chi connectivity index (χ3n) is 2.58. The predicted molar refractivity (Wildman–Crippen MR) is 76.3 cm³/mol. The van der Waals surface area contributed by atoms with Gasteiger partial charge in [-0.2, -0.15) is 0 Å². The first-order chi connectivity index (χ1) is 10.1. The minimum Gasteiger partial charge on any atom is -0.491 e. The number of carbonyl (C=O) groups excluding carboxylic acids is 1. The topological polar surface area (TPSA) is 96.9 Å². The number of hydrogen-bond donors (Lipinski definition) is 3. The molecule has 1 aromatic carbocycles. The van der Waals surface area contributed by atoms with Crippen molar-refractivity contribution in [3.05, 3.63) is 29.8 Å². The number of para-hydroxylation sites is 1. The average molecular weight is 296 g/mol. The molecule has 0 aromatic heterocycles. The Morgan fingerprint density at radius 2 is 1.95 bits per heavy atom. The van der Waals surface area contributed by atoms with Gasteiger partial charge in [-0.15, -0.1) is 0 Å². The number of urea groups is 1. The monoisotopic (exact) mass is 296 g/mol. The van der Waals surface area contributed by atoms with Crippen LogP contribution in [0.2, 0.25) is 0 Å². The van der Waals surface area contributed by atoms with Gasteiger partial charge in [0, 0.05) is 25.8 Å². The second-order valence-corrected chi connectivity index (χ2v) is 4.20. The summed E-state index contributed by atoms with van der Waals surface area (Å²) in [4.78, 5) is 21.8. The molecule has 1 aromatic rings. The number of amides is 2. The molecule has 3 N–H and O–H groups in total. The summed E-state index contributed by atoms with van der Waals surface area (Å²) in [6.45, 7) is 1.30. The molecule has 21 heavy (non-hydrogen) atoms. The molecule has 0 radical (unpaired) electrons. The first-order valence-corrected chi connectivity index (χ1v) is 6.56. The minimum atomic E-state index is -0.952. The Hall–Kier alpha value is -2.28. The fourth-order valence-corrected chi connectivity index (χ4v) is 1.55. The van der Waals surface area contributed by atoms with Gasteiger partial charge in [0.1, 0.15) is 12.4 Å². The Kier molecular flexibility index (Phi) is 7.67. The van der Waals surface area contributed by atoms with E-state index in [9.17, 15) is 9.59 Å². The smallest absolute Gasteiger partial charge is 0.315 e. The van der Waals surface area contributed by atoms with Crippen LogP contribution in [-0.4, -0.2) is 44.0 Å². The van der Waals surface area contributed by atoms with Gasteiger partial charge in [0.25, 0.3) is 0 Å². The molecular formula is C14H20N2O5. The van der Waals surface area contributed by atoms with Gasteiger partial charge in [-0.05, 0) is 6.07 Å². The highest BCUT2D eigenvalue weighted by atomic mass is 16.5. The molecule has 7 heteroatoms. The molecule has 2 amide bonds. The summed E-state index contributed by atoms with van der Waals surface area (Å²) < 4.78 is 10.5. The van der Waals surface area contributed by atoms with Crippen LogP contribution in [0.4, 0.5) is 4.79 Å². The first kappa shape index (κ1) is 16.8. The normalized spacial score (nSPS) is 9.95. The summed E-state index contributed by atoms with van der Waals surface area (Å²) in [5, 5.41) is 13.6. The van der Waals surface area contributed by atoms with Crippen molar-refractivity contribution in [1.29, 1.82) is 0 Å². The van der Waals surface area contributed by atoms with Gasteiger partial charge in [-0.25, -0.2) is 4.79 Å². The summed E-state index contributed by atoms with van der Waals surface area (Å²) in [7, 11) is 1.60. The van der Waals surface area contributed by atoms with Crippen molar-refractivity contribution in [3.8, 4) is 5.75 Å². The molecule has 0 bridgehead atoms. The molecule has 0 aliphatic heterocycles. The third kappa shape index (κ3) is 7.17. The van der Waals surface area contributed by atoms with Gasteiger partial charge >= 0.3 is 12.0 Å². The van der Waals surface area contributed by atoms with E-state index in [2.05, 4.69) is 10.6 Å². The third-order valence-corrected chi connectivity index (χ3v) is 2.58. The molecule has 0 fully saturated rings. The van der Waals surface area contributed by atoms with Crippen LogP contribution in [-0.2, 0) is 16.1 Å². The number of aliphatic carboxylic acids is 1. The molecule has 1 rings (SSSR count). The van der Waals surface area contributed by atoms with Crippen molar-refractivity contribution < 1.29 is 24.2 Å². The molecule has 0 heterocycles. The van der Waals surface area contributed by atoms with Crippen molar-refractivity contribution in [2.45, 2.75) is 13.0 Å². The lowest BCUT2D eigenvalue weighted by atomic mass is 10.2. The largest absolute Gasteiger partial charge is 0.491 e. The van der Waals surface area contributed by atoms with Gasteiger partial charge < -0.3 is 25.2 Å². The Labute approximate surface area is 123 Å². The molecule has 0 spiro atoms. The number of carboxylic acid groups (broad SMARTS) is 1. The molecule has 116 valence electrons. The Bertz CT molecular complexity index is 464. The standard InChI is InChI=1S/C14H20N2O5/c1-20-8-9-21-12-5-3-2-4-11(12)10-16-14(19)15-7-6-13(17)18/h2-5H,6-10H2,1H3,(H,17,18)(H2,15,16,19). The quantitative estimate of drug-likeness (QED) is 0.590. The highest BCUT2D eigenvalue weighted by Crippen LogP contribution is 2.17. The molecule has 0 unspecified atom stereocenters. The second-order valence-electron chi connectivity index (χ2n) is 4.20. The van der Waals surface area contributed by atoms with Crippen LogP contribution >= 0.6 is 0 Å². The fourth-order valence-electron chi connectivity index (χ4n) is 1.55. The summed E-state index contributed by atoms with van der Waals surface area (Å²) in [5.74, 6) is -0.271. The number of rotatable bonds is 9. The summed E-state index contributed by atoms with van der Waals surface area (Å²) in [6, 6.07) is 6.94. The van der Waals surface area contributed by atoms with Crippen LogP contribution < -0.4 is 15.4 Å². The van der Waals surface area contributed by atoms with E-state index in [1.54, 1.807) is 7.11 Å². The Balaban J connectivity index is 2.39. The van der Waals surface area contributed by atoms with Crippen LogP contribution in [0.5, 0.6) is 5.75 Å². The maximum atomic E-state index is 11.5. The fraction of sp³-hybridized carbons (Fsp3) is 0.429. The molecule has 0 aliphatic rings. The van der Waals surface area contributed by atoms with E-state index in [-0.39, 0.29) is 13.0 Å². The van der Waals surface area contributed by atoms with Gasteiger partial charge in [0.05, 0.1) is 13.0 Å². The molecule has 0 saturated carbocycles. The number of carbonyl (C=O) groups is 2. The molecule has 0 aliphatic carbocycles. The summed E-state index contributed by atoms with van der Waals surface area (Å²) >= 11 is 0. The summed E-state index contributed by atoms with van der Waals surface area (Å²) in [5.41, 5.74) is 0.835. The van der Waals surface area contributed by atoms with E-state index >= 15 is 0 Å². The predicted octanol–water partition coefficient (Wildman–Crippen LogP) is 0.986. The lowest BCUT2D eigenvalue weighted by Crippen LogP contribution is -2.36. The van der Waals surface area contributed by atoms with Crippen LogP contribution in [0.3, 0.4) is 0 Å². The molecule has 7 nitrogen and oxygen atoms in total. The maximum Gasteiger partial charge on any atom is 0.315 e. The second kappa shape index (κ2) is 9.60. The molecular weight excluding hydrogens is 276 g/mol. The van der Waals surface area contributed by atoms with E-state index in [0.29, 0.717) is 25.5 Å². The zero-order chi connectivity index (χ0) is 15.5. The first-order valence-electron chi connectivity index (χ1n) is 6.56.